The molecule has 0 fully saturated rings. The minimum absolute atomic E-state index is 0.0194. The van der Waals surface area contributed by atoms with E-state index in [0.29, 0.717) is 23.9 Å². The molecule has 0 aliphatic carbocycles. The highest BCUT2D eigenvalue weighted by Gasteiger charge is 2.27. The van der Waals surface area contributed by atoms with Crippen molar-refractivity contribution in [2.75, 3.05) is 47.5 Å². The normalized spacial score (nSPS) is 14.2. The van der Waals surface area contributed by atoms with Crippen LogP contribution in [-0.2, 0) is 32.7 Å². The van der Waals surface area contributed by atoms with Gasteiger partial charge in [0.05, 0.1) is 27.7 Å². The first-order chi connectivity index (χ1) is 37.0. The molecule has 0 saturated heterocycles. The summed E-state index contributed by atoms with van der Waals surface area (Å²) in [6.07, 6.45) is 81.0. The predicted octanol–water partition coefficient (Wildman–Crippen LogP) is 18.9. The zero-order chi connectivity index (χ0) is 55.6. The summed E-state index contributed by atoms with van der Waals surface area (Å²) in [4.78, 5) is 35.7. The standard InChI is InChI=1S/C66H110NO8P/c1-6-8-10-12-14-16-18-20-22-24-26-27-28-29-30-31-32-33-34-35-36-37-38-39-41-43-45-47-49-51-53-55-57-59-66(69)75-64(63-74-76(70,71)73-61-60-67(3,4)5)62-72-65(68)58-56-54-52-50-48-46-44-42-40-25-23-21-19-17-15-13-11-9-7-2/h8-11,14-17,20-23,26-27,29-30,32-33,40,42,46,48,64H,6-7,12-13,18-19,24-25,28,31,34-39,41,43-45,47,49-63H2,1-5H3/p+1/b10-8-,11-9-,16-14-,17-15-,22-20-,23-21-,27-26-,30-29-,33-32-,42-40-,48-46-. The number of esters is 2. The van der Waals surface area contributed by atoms with Gasteiger partial charge in [-0.05, 0) is 109 Å². The number of likely N-dealkylation sites (N-methyl/N-ethyl adjacent to an activating group) is 1. The largest absolute Gasteiger partial charge is 0.472 e. The summed E-state index contributed by atoms with van der Waals surface area (Å²) >= 11 is 0. The summed E-state index contributed by atoms with van der Waals surface area (Å²) in [7, 11) is 1.44. The predicted molar refractivity (Wildman–Crippen MR) is 325 cm³/mol. The lowest BCUT2D eigenvalue weighted by Crippen LogP contribution is -2.37. The third-order valence-electron chi connectivity index (χ3n) is 12.2. The zero-order valence-corrected chi connectivity index (χ0v) is 49.8. The topological polar surface area (TPSA) is 108 Å². The van der Waals surface area contributed by atoms with Crippen LogP contribution in [0.2, 0.25) is 0 Å². The van der Waals surface area contributed by atoms with Gasteiger partial charge in [-0.1, -0.05) is 231 Å². The average molecular weight is 1080 g/mol. The number of ether oxygens (including phenoxy) is 2. The Balaban J connectivity index is 4.17. The van der Waals surface area contributed by atoms with Gasteiger partial charge in [0.1, 0.15) is 19.8 Å². The highest BCUT2D eigenvalue weighted by atomic mass is 31.2. The van der Waals surface area contributed by atoms with E-state index < -0.39 is 32.5 Å². The fourth-order valence-corrected chi connectivity index (χ4v) is 8.37. The molecule has 0 saturated carbocycles. The lowest BCUT2D eigenvalue weighted by molar-refractivity contribution is -0.870. The third kappa shape index (κ3) is 59.4. The van der Waals surface area contributed by atoms with Gasteiger partial charge in [-0.2, -0.15) is 0 Å². The molecule has 0 spiro atoms. The molecule has 432 valence electrons. The molecule has 0 aromatic carbocycles. The van der Waals surface area contributed by atoms with Crippen LogP contribution in [0.3, 0.4) is 0 Å². The summed E-state index contributed by atoms with van der Waals surface area (Å²) in [5, 5.41) is 0. The van der Waals surface area contributed by atoms with Crippen LogP contribution in [-0.4, -0.2) is 74.9 Å². The van der Waals surface area contributed by atoms with Crippen LogP contribution in [0.1, 0.15) is 219 Å². The van der Waals surface area contributed by atoms with E-state index in [2.05, 4.69) is 148 Å². The van der Waals surface area contributed by atoms with Gasteiger partial charge in [-0.3, -0.25) is 18.6 Å². The molecular weight excluding hydrogens is 966 g/mol. The lowest BCUT2D eigenvalue weighted by Gasteiger charge is -2.24. The Hall–Kier alpha value is -3.85. The SMILES string of the molecule is CC/C=C\C/C=C\C/C=C\C/C=C\C/C=C\C/C=C\CCCCCCCCCCCCCCCCC(=O)OC(COC(=O)CCCCC/C=C\C/C=C\C/C=C\C/C=C\C/C=C\CC)COP(=O)(O)OCC[N+](C)(C)C. The Kier molecular flexibility index (Phi) is 53.1. The summed E-state index contributed by atoms with van der Waals surface area (Å²) in [6.45, 7) is 4.15. The summed E-state index contributed by atoms with van der Waals surface area (Å²) in [6, 6.07) is 0. The van der Waals surface area contributed by atoms with Crippen molar-refractivity contribution in [1.29, 1.82) is 0 Å². The van der Waals surface area contributed by atoms with Gasteiger partial charge in [-0.15, -0.1) is 0 Å². The number of phosphoric ester groups is 1. The van der Waals surface area contributed by atoms with Crippen molar-refractivity contribution in [2.45, 2.75) is 225 Å². The molecule has 0 aliphatic rings. The monoisotopic (exact) mass is 1080 g/mol. The van der Waals surface area contributed by atoms with E-state index in [-0.39, 0.29) is 26.1 Å². The molecule has 10 heteroatoms. The number of unbranched alkanes of at least 4 members (excludes halogenated alkanes) is 17. The molecule has 0 heterocycles. The molecule has 0 aliphatic heterocycles. The molecule has 0 amide bonds. The number of allylic oxidation sites excluding steroid dienone is 22. The highest BCUT2D eigenvalue weighted by molar-refractivity contribution is 7.47. The number of quaternary nitrogens is 1. The molecule has 9 nitrogen and oxygen atoms in total. The summed E-state index contributed by atoms with van der Waals surface area (Å²) < 4.78 is 34.5. The maximum Gasteiger partial charge on any atom is 0.472 e. The average Bonchev–Trinajstić information content (AvgIpc) is 3.38. The van der Waals surface area contributed by atoms with E-state index in [9.17, 15) is 19.0 Å². The number of carbonyl (C=O) groups excluding carboxylic acids is 2. The van der Waals surface area contributed by atoms with Crippen molar-refractivity contribution in [3.8, 4) is 0 Å². The molecule has 0 aromatic rings. The first-order valence-corrected chi connectivity index (χ1v) is 31.4. The summed E-state index contributed by atoms with van der Waals surface area (Å²) in [5.41, 5.74) is 0. The van der Waals surface area contributed by atoms with Crippen molar-refractivity contribution in [3.63, 3.8) is 0 Å². The van der Waals surface area contributed by atoms with Gasteiger partial charge in [-0.25, -0.2) is 4.57 Å². The van der Waals surface area contributed by atoms with Gasteiger partial charge < -0.3 is 18.9 Å². The van der Waals surface area contributed by atoms with E-state index in [0.717, 1.165) is 109 Å². The van der Waals surface area contributed by atoms with Gasteiger partial charge in [0, 0.05) is 12.8 Å². The first kappa shape index (κ1) is 72.2. The van der Waals surface area contributed by atoms with Crippen LogP contribution in [0.25, 0.3) is 0 Å². The van der Waals surface area contributed by atoms with Crippen LogP contribution in [0.5, 0.6) is 0 Å². The highest BCUT2D eigenvalue weighted by Crippen LogP contribution is 2.43. The van der Waals surface area contributed by atoms with Crippen molar-refractivity contribution in [1.82, 2.24) is 0 Å². The molecule has 0 radical (unpaired) electrons. The van der Waals surface area contributed by atoms with Gasteiger partial charge in [0.2, 0.25) is 0 Å². The molecule has 1 N–H and O–H groups in total. The number of hydrogen-bond acceptors (Lipinski definition) is 7. The van der Waals surface area contributed by atoms with Crippen molar-refractivity contribution in [3.05, 3.63) is 134 Å². The molecule has 0 rings (SSSR count). The second kappa shape index (κ2) is 55.9. The number of carbonyl (C=O) groups is 2. The van der Waals surface area contributed by atoms with E-state index in [1.165, 1.54) is 70.6 Å². The van der Waals surface area contributed by atoms with Gasteiger partial charge in [0.15, 0.2) is 6.10 Å². The Bertz CT molecular complexity index is 1740. The smallest absolute Gasteiger partial charge is 0.462 e. The van der Waals surface area contributed by atoms with Gasteiger partial charge in [0.25, 0.3) is 0 Å². The number of hydrogen-bond donors (Lipinski definition) is 1. The second-order valence-electron chi connectivity index (χ2n) is 20.6. The maximum absolute atomic E-state index is 12.8. The quantitative estimate of drug-likeness (QED) is 0.0211. The van der Waals surface area contributed by atoms with E-state index in [1.54, 1.807) is 0 Å². The second-order valence-corrected chi connectivity index (χ2v) is 22.1. The van der Waals surface area contributed by atoms with Crippen LogP contribution in [0.15, 0.2) is 134 Å². The van der Waals surface area contributed by atoms with E-state index in [4.69, 9.17) is 18.5 Å². The molecule has 2 atom stereocenters. The van der Waals surface area contributed by atoms with Crippen LogP contribution >= 0.6 is 7.82 Å². The summed E-state index contributed by atoms with van der Waals surface area (Å²) in [5.74, 6) is -0.843. The zero-order valence-electron chi connectivity index (χ0n) is 48.9. The number of rotatable bonds is 53. The molecular formula is C66H111NO8P+. The minimum Gasteiger partial charge on any atom is -0.462 e. The molecule has 0 aromatic heterocycles. The van der Waals surface area contributed by atoms with Crippen LogP contribution in [0, 0.1) is 0 Å². The van der Waals surface area contributed by atoms with E-state index >= 15 is 0 Å². The van der Waals surface area contributed by atoms with Crippen molar-refractivity contribution < 1.29 is 42.1 Å². The molecule has 76 heavy (non-hydrogen) atoms. The minimum atomic E-state index is -4.40. The Morgan fingerprint density at radius 3 is 1.07 bits per heavy atom. The Morgan fingerprint density at radius 2 is 0.711 bits per heavy atom. The van der Waals surface area contributed by atoms with Crippen molar-refractivity contribution >= 4 is 19.8 Å². The number of phosphoric acid groups is 1. The maximum atomic E-state index is 12.8. The van der Waals surface area contributed by atoms with Crippen LogP contribution < -0.4 is 0 Å². The first-order valence-electron chi connectivity index (χ1n) is 29.9. The number of nitrogens with zero attached hydrogens (tertiary/aromatic N) is 1. The fourth-order valence-electron chi connectivity index (χ4n) is 7.63. The van der Waals surface area contributed by atoms with Gasteiger partial charge >= 0.3 is 19.8 Å². The van der Waals surface area contributed by atoms with Crippen LogP contribution in [0.4, 0.5) is 0 Å². The molecule has 2 unspecified atom stereocenters. The lowest BCUT2D eigenvalue weighted by atomic mass is 10.0. The molecule has 0 bridgehead atoms. The Labute approximate surface area is 466 Å². The van der Waals surface area contributed by atoms with Crippen molar-refractivity contribution in [2.24, 2.45) is 0 Å². The third-order valence-corrected chi connectivity index (χ3v) is 13.2. The fraction of sp³-hybridized carbons (Fsp3) is 0.636. The van der Waals surface area contributed by atoms with E-state index in [1.807, 2.05) is 21.1 Å². The Morgan fingerprint density at radius 1 is 0.408 bits per heavy atom.